The average molecular weight is 355 g/mol. The molecule has 0 radical (unpaired) electrons. The molecule has 3 rings (SSSR count). The Balaban J connectivity index is 1.58. The van der Waals surface area contributed by atoms with Crippen LogP contribution in [0.1, 0.15) is 6.92 Å². The summed E-state index contributed by atoms with van der Waals surface area (Å²) < 4.78 is 10.3. The Morgan fingerprint density at radius 3 is 2.58 bits per heavy atom. The average Bonchev–Trinajstić information content (AvgIpc) is 2.69. The van der Waals surface area contributed by atoms with E-state index in [2.05, 4.69) is 26.9 Å². The first-order valence-electron chi connectivity index (χ1n) is 8.93. The van der Waals surface area contributed by atoms with Gasteiger partial charge in [0, 0.05) is 37.9 Å². The fourth-order valence-electron chi connectivity index (χ4n) is 3.07. The Kier molecular flexibility index (Phi) is 6.07. The quantitative estimate of drug-likeness (QED) is 0.742. The third kappa shape index (κ3) is 4.52. The van der Waals surface area contributed by atoms with Crippen molar-refractivity contribution in [1.82, 2.24) is 9.88 Å². The molecule has 1 aliphatic heterocycles. The summed E-state index contributed by atoms with van der Waals surface area (Å²) in [5.74, 6) is 1.65. The molecule has 26 heavy (non-hydrogen) atoms. The number of esters is 1. The maximum Gasteiger partial charge on any atom is 0.320 e. The molecule has 0 N–H and O–H groups in total. The van der Waals surface area contributed by atoms with Gasteiger partial charge in [-0.05, 0) is 36.8 Å². The number of piperazine rings is 1. The molecule has 0 spiro atoms. The maximum absolute atomic E-state index is 11.6. The molecule has 1 aromatic heterocycles. The SMILES string of the molecule is CCOC(=O)CN1CCN(c2ccc(-c3cccc(OC)c3)cn2)CC1. The largest absolute Gasteiger partial charge is 0.497 e. The fourth-order valence-corrected chi connectivity index (χ4v) is 3.07. The van der Waals surface area contributed by atoms with Crippen molar-refractivity contribution in [2.45, 2.75) is 6.92 Å². The number of ether oxygens (including phenoxy) is 2. The van der Waals surface area contributed by atoms with Crippen LogP contribution in [0.3, 0.4) is 0 Å². The highest BCUT2D eigenvalue weighted by atomic mass is 16.5. The van der Waals surface area contributed by atoms with E-state index in [1.807, 2.05) is 37.4 Å². The number of benzene rings is 1. The highest BCUT2D eigenvalue weighted by Gasteiger charge is 2.20. The summed E-state index contributed by atoms with van der Waals surface area (Å²) in [6.07, 6.45) is 1.90. The van der Waals surface area contributed by atoms with Gasteiger partial charge >= 0.3 is 5.97 Å². The van der Waals surface area contributed by atoms with Crippen LogP contribution in [-0.4, -0.2) is 62.3 Å². The lowest BCUT2D eigenvalue weighted by molar-refractivity contribution is -0.144. The van der Waals surface area contributed by atoms with Gasteiger partial charge in [-0.3, -0.25) is 9.69 Å². The van der Waals surface area contributed by atoms with Crippen LogP contribution in [0, 0.1) is 0 Å². The summed E-state index contributed by atoms with van der Waals surface area (Å²) in [7, 11) is 1.67. The van der Waals surface area contributed by atoms with Gasteiger partial charge in [0.05, 0.1) is 20.3 Å². The standard InChI is InChI=1S/C20H25N3O3/c1-3-26-20(24)15-22-9-11-23(12-10-22)19-8-7-17(14-21-19)16-5-4-6-18(13-16)25-2/h4-8,13-14H,3,9-12,15H2,1-2H3. The molecule has 0 bridgehead atoms. The van der Waals surface area contributed by atoms with Gasteiger partial charge in [-0.2, -0.15) is 0 Å². The van der Waals surface area contributed by atoms with Crippen LogP contribution in [-0.2, 0) is 9.53 Å². The van der Waals surface area contributed by atoms with Gasteiger partial charge < -0.3 is 14.4 Å². The van der Waals surface area contributed by atoms with Crippen LogP contribution in [0.4, 0.5) is 5.82 Å². The summed E-state index contributed by atoms with van der Waals surface area (Å²) in [5, 5.41) is 0. The Morgan fingerprint density at radius 1 is 1.12 bits per heavy atom. The van der Waals surface area contributed by atoms with Crippen molar-refractivity contribution in [1.29, 1.82) is 0 Å². The Labute approximate surface area is 154 Å². The molecular formula is C20H25N3O3. The number of carbonyl (C=O) groups excluding carboxylic acids is 1. The molecule has 0 amide bonds. The van der Waals surface area contributed by atoms with Crippen LogP contribution < -0.4 is 9.64 Å². The lowest BCUT2D eigenvalue weighted by Crippen LogP contribution is -2.48. The molecule has 0 unspecified atom stereocenters. The van der Waals surface area contributed by atoms with E-state index in [0.29, 0.717) is 13.2 Å². The minimum absolute atomic E-state index is 0.151. The van der Waals surface area contributed by atoms with Crippen LogP contribution >= 0.6 is 0 Å². The third-order valence-electron chi connectivity index (χ3n) is 4.51. The molecule has 0 saturated carbocycles. The Hall–Kier alpha value is -2.60. The summed E-state index contributed by atoms with van der Waals surface area (Å²) in [6.45, 7) is 6.00. The van der Waals surface area contributed by atoms with E-state index in [1.54, 1.807) is 7.11 Å². The topological polar surface area (TPSA) is 54.9 Å². The lowest BCUT2D eigenvalue weighted by atomic mass is 10.1. The maximum atomic E-state index is 11.6. The molecule has 2 heterocycles. The number of carbonyl (C=O) groups is 1. The molecule has 1 fully saturated rings. The number of anilines is 1. The van der Waals surface area contributed by atoms with E-state index in [-0.39, 0.29) is 5.97 Å². The Bertz CT molecular complexity index is 725. The molecule has 2 aromatic rings. The zero-order valence-corrected chi connectivity index (χ0v) is 15.4. The van der Waals surface area contributed by atoms with E-state index < -0.39 is 0 Å². The van der Waals surface area contributed by atoms with E-state index in [4.69, 9.17) is 9.47 Å². The molecular weight excluding hydrogens is 330 g/mol. The number of methoxy groups -OCH3 is 1. The van der Waals surface area contributed by atoms with Crippen molar-refractivity contribution in [2.75, 3.05) is 51.3 Å². The first-order valence-corrected chi connectivity index (χ1v) is 8.93. The number of pyridine rings is 1. The second-order valence-corrected chi connectivity index (χ2v) is 6.21. The minimum Gasteiger partial charge on any atom is -0.497 e. The van der Waals surface area contributed by atoms with E-state index >= 15 is 0 Å². The van der Waals surface area contributed by atoms with Gasteiger partial charge in [0.25, 0.3) is 0 Å². The van der Waals surface area contributed by atoms with Crippen LogP contribution in [0.5, 0.6) is 5.75 Å². The lowest BCUT2D eigenvalue weighted by Gasteiger charge is -2.34. The van der Waals surface area contributed by atoms with E-state index in [0.717, 1.165) is 48.9 Å². The smallest absolute Gasteiger partial charge is 0.320 e. The molecule has 0 atom stereocenters. The van der Waals surface area contributed by atoms with Crippen LogP contribution in [0.2, 0.25) is 0 Å². The molecule has 6 nitrogen and oxygen atoms in total. The van der Waals surface area contributed by atoms with Crippen LogP contribution in [0.15, 0.2) is 42.6 Å². The summed E-state index contributed by atoms with van der Waals surface area (Å²) in [4.78, 5) is 20.6. The van der Waals surface area contributed by atoms with E-state index in [1.165, 1.54) is 0 Å². The predicted molar refractivity (Wildman–Crippen MR) is 102 cm³/mol. The molecule has 1 aromatic carbocycles. The summed E-state index contributed by atoms with van der Waals surface area (Å²) in [6, 6.07) is 12.1. The van der Waals surface area contributed by atoms with Gasteiger partial charge in [0.15, 0.2) is 0 Å². The summed E-state index contributed by atoms with van der Waals surface area (Å²) in [5.41, 5.74) is 2.15. The van der Waals surface area contributed by atoms with Gasteiger partial charge in [-0.1, -0.05) is 12.1 Å². The van der Waals surface area contributed by atoms with Gasteiger partial charge in [0.2, 0.25) is 0 Å². The minimum atomic E-state index is -0.151. The highest BCUT2D eigenvalue weighted by Crippen LogP contribution is 2.25. The van der Waals surface area contributed by atoms with Crippen molar-refractivity contribution in [3.8, 4) is 16.9 Å². The number of hydrogen-bond donors (Lipinski definition) is 0. The molecule has 1 aliphatic rings. The Morgan fingerprint density at radius 2 is 1.92 bits per heavy atom. The van der Waals surface area contributed by atoms with Crippen molar-refractivity contribution in [3.63, 3.8) is 0 Å². The number of nitrogens with zero attached hydrogens (tertiary/aromatic N) is 3. The van der Waals surface area contributed by atoms with Gasteiger partial charge in [-0.25, -0.2) is 4.98 Å². The van der Waals surface area contributed by atoms with Gasteiger partial charge in [-0.15, -0.1) is 0 Å². The zero-order valence-electron chi connectivity index (χ0n) is 15.4. The normalized spacial score (nSPS) is 14.9. The van der Waals surface area contributed by atoms with Crippen molar-refractivity contribution in [3.05, 3.63) is 42.6 Å². The summed E-state index contributed by atoms with van der Waals surface area (Å²) >= 11 is 0. The first-order chi connectivity index (χ1) is 12.7. The fraction of sp³-hybridized carbons (Fsp3) is 0.400. The number of aromatic nitrogens is 1. The first kappa shape index (κ1) is 18.2. The van der Waals surface area contributed by atoms with Crippen LogP contribution in [0.25, 0.3) is 11.1 Å². The van der Waals surface area contributed by atoms with Gasteiger partial charge in [0.1, 0.15) is 11.6 Å². The molecule has 138 valence electrons. The zero-order chi connectivity index (χ0) is 18.4. The van der Waals surface area contributed by atoms with E-state index in [9.17, 15) is 4.79 Å². The third-order valence-corrected chi connectivity index (χ3v) is 4.51. The second kappa shape index (κ2) is 8.67. The number of rotatable bonds is 6. The van der Waals surface area contributed by atoms with Crippen molar-refractivity contribution in [2.24, 2.45) is 0 Å². The number of hydrogen-bond acceptors (Lipinski definition) is 6. The predicted octanol–water partition coefficient (Wildman–Crippen LogP) is 2.44. The molecule has 0 aliphatic carbocycles. The van der Waals surface area contributed by atoms with Crippen molar-refractivity contribution < 1.29 is 14.3 Å². The second-order valence-electron chi connectivity index (χ2n) is 6.21. The monoisotopic (exact) mass is 355 g/mol. The molecule has 6 heteroatoms. The van der Waals surface area contributed by atoms with Crippen molar-refractivity contribution >= 4 is 11.8 Å². The highest BCUT2D eigenvalue weighted by molar-refractivity contribution is 5.71. The molecule has 1 saturated heterocycles.